The van der Waals surface area contributed by atoms with E-state index in [1.54, 1.807) is 4.90 Å². The topological polar surface area (TPSA) is 52.7 Å². The van der Waals surface area contributed by atoms with Crippen molar-refractivity contribution in [3.63, 3.8) is 0 Å². The highest BCUT2D eigenvalue weighted by Gasteiger charge is 2.37. The van der Waals surface area contributed by atoms with Crippen LogP contribution in [0.3, 0.4) is 0 Å². The Morgan fingerprint density at radius 2 is 2.11 bits per heavy atom. The second-order valence-electron chi connectivity index (χ2n) is 5.50. The van der Waals surface area contributed by atoms with Crippen molar-refractivity contribution in [1.29, 1.82) is 0 Å². The van der Waals surface area contributed by atoms with Gasteiger partial charge in [0, 0.05) is 18.6 Å². The van der Waals surface area contributed by atoms with Gasteiger partial charge in [0.15, 0.2) is 0 Å². The highest BCUT2D eigenvalue weighted by Crippen LogP contribution is 2.22. The fourth-order valence-corrected chi connectivity index (χ4v) is 2.87. The first-order valence-electron chi connectivity index (χ1n) is 6.83. The molecule has 2 rings (SSSR count). The average molecular weight is 253 g/mol. The first-order chi connectivity index (χ1) is 8.52. The quantitative estimate of drug-likeness (QED) is 0.765. The summed E-state index contributed by atoms with van der Waals surface area (Å²) in [6.45, 7) is 5.34. The van der Waals surface area contributed by atoms with E-state index in [2.05, 4.69) is 24.2 Å². The van der Waals surface area contributed by atoms with E-state index in [-0.39, 0.29) is 30.4 Å². The van der Waals surface area contributed by atoms with Crippen molar-refractivity contribution < 1.29 is 9.59 Å². The summed E-state index contributed by atoms with van der Waals surface area (Å²) in [7, 11) is 2.11. The largest absolute Gasteiger partial charge is 0.343 e. The summed E-state index contributed by atoms with van der Waals surface area (Å²) in [6.07, 6.45) is 2.60. The molecule has 0 radical (unpaired) electrons. The van der Waals surface area contributed by atoms with Gasteiger partial charge in [-0.3, -0.25) is 9.59 Å². The maximum absolute atomic E-state index is 12.3. The molecule has 0 aromatic rings. The van der Waals surface area contributed by atoms with Gasteiger partial charge in [0.05, 0.1) is 6.54 Å². The predicted molar refractivity (Wildman–Crippen MR) is 69.0 cm³/mol. The Bertz CT molecular complexity index is 345. The summed E-state index contributed by atoms with van der Waals surface area (Å²) < 4.78 is 0. The third kappa shape index (κ3) is 2.51. The first kappa shape index (κ1) is 13.3. The molecule has 3 unspecified atom stereocenters. The van der Waals surface area contributed by atoms with Gasteiger partial charge in [-0.2, -0.15) is 0 Å². The fourth-order valence-electron chi connectivity index (χ4n) is 2.87. The Hall–Kier alpha value is -1.10. The van der Waals surface area contributed by atoms with Crippen LogP contribution in [0, 0.1) is 0 Å². The number of likely N-dealkylation sites (tertiary alicyclic amines) is 1. The van der Waals surface area contributed by atoms with Crippen LogP contribution in [0.5, 0.6) is 0 Å². The molecule has 0 aromatic heterocycles. The Kier molecular flexibility index (Phi) is 3.90. The monoisotopic (exact) mass is 253 g/mol. The molecule has 0 aliphatic carbocycles. The maximum Gasteiger partial charge on any atom is 0.245 e. The standard InChI is InChI=1S/C13H23N3O2/c1-4-11-13(18)16(8-12(17)14-11)10-5-6-15(3)9(2)7-10/h9-11H,4-8H2,1-3H3,(H,14,17). The van der Waals surface area contributed by atoms with Gasteiger partial charge < -0.3 is 15.1 Å². The van der Waals surface area contributed by atoms with E-state index >= 15 is 0 Å². The van der Waals surface area contributed by atoms with Crippen LogP contribution in [0.1, 0.15) is 33.1 Å². The highest BCUT2D eigenvalue weighted by atomic mass is 16.2. The van der Waals surface area contributed by atoms with Crippen LogP contribution < -0.4 is 5.32 Å². The molecule has 5 heteroatoms. The van der Waals surface area contributed by atoms with Crippen LogP contribution in [-0.2, 0) is 9.59 Å². The molecule has 2 saturated heterocycles. The normalized spacial score (nSPS) is 34.6. The number of nitrogens with one attached hydrogen (secondary N) is 1. The van der Waals surface area contributed by atoms with Gasteiger partial charge in [0.1, 0.15) is 6.04 Å². The third-order valence-corrected chi connectivity index (χ3v) is 4.26. The molecule has 3 atom stereocenters. The van der Waals surface area contributed by atoms with Gasteiger partial charge in [-0.25, -0.2) is 0 Å². The summed E-state index contributed by atoms with van der Waals surface area (Å²) in [5, 5.41) is 2.76. The number of hydrogen-bond donors (Lipinski definition) is 1. The summed E-state index contributed by atoms with van der Waals surface area (Å²) in [6, 6.07) is 0.381. The zero-order valence-electron chi connectivity index (χ0n) is 11.5. The molecule has 2 amide bonds. The maximum atomic E-state index is 12.3. The van der Waals surface area contributed by atoms with E-state index in [4.69, 9.17) is 0 Å². The zero-order valence-corrected chi connectivity index (χ0v) is 11.5. The molecule has 2 heterocycles. The predicted octanol–water partition coefficient (Wildman–Crippen LogP) is 0.206. The molecule has 0 spiro atoms. The average Bonchev–Trinajstić information content (AvgIpc) is 2.35. The molecule has 2 aliphatic heterocycles. The van der Waals surface area contributed by atoms with Crippen molar-refractivity contribution >= 4 is 11.8 Å². The Morgan fingerprint density at radius 1 is 1.39 bits per heavy atom. The van der Waals surface area contributed by atoms with E-state index in [0.717, 1.165) is 19.4 Å². The number of carbonyl (C=O) groups excluding carboxylic acids is 2. The van der Waals surface area contributed by atoms with Crippen molar-refractivity contribution in [1.82, 2.24) is 15.1 Å². The molecule has 18 heavy (non-hydrogen) atoms. The lowest BCUT2D eigenvalue weighted by Crippen LogP contribution is -2.62. The second kappa shape index (κ2) is 5.26. The third-order valence-electron chi connectivity index (χ3n) is 4.26. The Labute approximate surface area is 108 Å². The SMILES string of the molecule is CCC1NC(=O)CN(C2CCN(C)C(C)C2)C1=O. The van der Waals surface area contributed by atoms with Crippen LogP contribution in [0.25, 0.3) is 0 Å². The summed E-state index contributed by atoms with van der Waals surface area (Å²) in [5.41, 5.74) is 0. The molecular weight excluding hydrogens is 230 g/mol. The van der Waals surface area contributed by atoms with E-state index in [1.165, 1.54) is 0 Å². The Balaban J connectivity index is 2.07. The van der Waals surface area contributed by atoms with Crippen LogP contribution >= 0.6 is 0 Å². The minimum atomic E-state index is -0.318. The minimum absolute atomic E-state index is 0.0203. The van der Waals surface area contributed by atoms with Crippen molar-refractivity contribution in [2.45, 2.75) is 51.2 Å². The molecule has 0 bridgehead atoms. The highest BCUT2D eigenvalue weighted by molar-refractivity contribution is 5.95. The lowest BCUT2D eigenvalue weighted by atomic mass is 9.95. The van der Waals surface area contributed by atoms with Gasteiger partial charge in [-0.15, -0.1) is 0 Å². The first-order valence-corrected chi connectivity index (χ1v) is 6.83. The van der Waals surface area contributed by atoms with E-state index < -0.39 is 0 Å². The molecule has 0 aromatic carbocycles. The minimum Gasteiger partial charge on any atom is -0.343 e. The van der Waals surface area contributed by atoms with Crippen molar-refractivity contribution in [3.8, 4) is 0 Å². The van der Waals surface area contributed by atoms with E-state index in [1.807, 2.05) is 6.92 Å². The van der Waals surface area contributed by atoms with Gasteiger partial charge in [0.25, 0.3) is 0 Å². The van der Waals surface area contributed by atoms with Crippen LogP contribution in [0.15, 0.2) is 0 Å². The van der Waals surface area contributed by atoms with Crippen LogP contribution in [0.2, 0.25) is 0 Å². The lowest BCUT2D eigenvalue weighted by Gasteiger charge is -2.43. The second-order valence-corrected chi connectivity index (χ2v) is 5.50. The smallest absolute Gasteiger partial charge is 0.245 e. The molecule has 2 fully saturated rings. The van der Waals surface area contributed by atoms with Crippen molar-refractivity contribution in [2.24, 2.45) is 0 Å². The number of piperidine rings is 1. The van der Waals surface area contributed by atoms with E-state index in [9.17, 15) is 9.59 Å². The molecule has 2 aliphatic rings. The molecular formula is C13H23N3O2. The molecule has 0 saturated carbocycles. The van der Waals surface area contributed by atoms with Crippen molar-refractivity contribution in [3.05, 3.63) is 0 Å². The number of amides is 2. The summed E-state index contributed by atoms with van der Waals surface area (Å²) >= 11 is 0. The number of rotatable bonds is 2. The number of piperazine rings is 1. The molecule has 102 valence electrons. The van der Waals surface area contributed by atoms with Gasteiger partial charge in [-0.1, -0.05) is 6.92 Å². The molecule has 1 N–H and O–H groups in total. The van der Waals surface area contributed by atoms with Gasteiger partial charge >= 0.3 is 0 Å². The van der Waals surface area contributed by atoms with Gasteiger partial charge in [0.2, 0.25) is 11.8 Å². The van der Waals surface area contributed by atoms with Crippen LogP contribution in [-0.4, -0.2) is 59.9 Å². The number of nitrogens with zero attached hydrogens (tertiary/aromatic N) is 2. The Morgan fingerprint density at radius 3 is 2.72 bits per heavy atom. The number of hydrogen-bond acceptors (Lipinski definition) is 3. The summed E-state index contributed by atoms with van der Waals surface area (Å²) in [4.78, 5) is 28.1. The molecule has 5 nitrogen and oxygen atoms in total. The van der Waals surface area contributed by atoms with Gasteiger partial charge in [-0.05, 0) is 33.2 Å². The zero-order chi connectivity index (χ0) is 13.3. The summed E-state index contributed by atoms with van der Waals surface area (Å²) in [5.74, 6) is 0.0758. The van der Waals surface area contributed by atoms with Crippen LogP contribution in [0.4, 0.5) is 0 Å². The fraction of sp³-hybridized carbons (Fsp3) is 0.846. The lowest BCUT2D eigenvalue weighted by molar-refractivity contribution is -0.148. The number of carbonyl (C=O) groups is 2. The van der Waals surface area contributed by atoms with E-state index in [0.29, 0.717) is 12.5 Å². The van der Waals surface area contributed by atoms with Crippen molar-refractivity contribution in [2.75, 3.05) is 20.1 Å².